The monoisotopic (exact) mass is 328 g/mol. The molecule has 0 aliphatic rings. The van der Waals surface area contributed by atoms with Crippen molar-refractivity contribution in [1.29, 1.82) is 0 Å². The number of ether oxygens (including phenoxy) is 1. The highest BCUT2D eigenvalue weighted by Gasteiger charge is 2.11. The van der Waals surface area contributed by atoms with Gasteiger partial charge in [-0.1, -0.05) is 29.5 Å². The lowest BCUT2D eigenvalue weighted by molar-refractivity contribution is 0.0702. The molecule has 0 radical (unpaired) electrons. The maximum Gasteiger partial charge on any atom is 0.347 e. The third-order valence-corrected chi connectivity index (χ3v) is 4.13. The molecule has 7 heteroatoms. The maximum absolute atomic E-state index is 12.0. The van der Waals surface area contributed by atoms with E-state index in [1.165, 1.54) is 16.7 Å². The number of aromatic carboxylic acids is 1. The zero-order valence-electron chi connectivity index (χ0n) is 12.1. The van der Waals surface area contributed by atoms with Gasteiger partial charge < -0.3 is 9.84 Å². The predicted molar refractivity (Wildman–Crippen MR) is 88.2 cm³/mol. The molecule has 1 N–H and O–H groups in total. The van der Waals surface area contributed by atoms with E-state index in [2.05, 4.69) is 4.98 Å². The lowest BCUT2D eigenvalue weighted by atomic mass is 10.2. The fraction of sp³-hybridized carbons (Fsp3) is 0.0625. The Morgan fingerprint density at radius 3 is 2.70 bits per heavy atom. The number of aromatic nitrogens is 2. The summed E-state index contributed by atoms with van der Waals surface area (Å²) in [6.07, 6.45) is 4.82. The van der Waals surface area contributed by atoms with Crippen LogP contribution >= 0.6 is 11.3 Å². The average Bonchev–Trinajstić information content (AvgIpc) is 2.98. The van der Waals surface area contributed by atoms with Gasteiger partial charge in [-0.15, -0.1) is 0 Å². The molecule has 6 nitrogen and oxygen atoms in total. The molecule has 0 spiro atoms. The average molecular weight is 328 g/mol. The van der Waals surface area contributed by atoms with Crippen molar-refractivity contribution in [2.75, 3.05) is 7.11 Å². The van der Waals surface area contributed by atoms with E-state index in [1.54, 1.807) is 13.2 Å². The predicted octanol–water partition coefficient (Wildman–Crippen LogP) is 2.63. The second-order valence-electron chi connectivity index (χ2n) is 4.68. The number of nitrogens with zero attached hydrogens (tertiary/aromatic N) is 2. The van der Waals surface area contributed by atoms with Gasteiger partial charge in [0, 0.05) is 12.3 Å². The van der Waals surface area contributed by atoms with Gasteiger partial charge in [0.25, 0.3) is 5.56 Å². The molecule has 23 heavy (non-hydrogen) atoms. The number of carboxylic acids is 1. The Kier molecular flexibility index (Phi) is 3.94. The lowest BCUT2D eigenvalue weighted by Gasteiger charge is -1.99. The number of carboxylic acid groups (broad SMARTS) is 1. The lowest BCUT2D eigenvalue weighted by Crippen LogP contribution is -2.11. The first-order valence-electron chi connectivity index (χ1n) is 6.65. The molecule has 2 aromatic heterocycles. The van der Waals surface area contributed by atoms with Crippen LogP contribution in [0.2, 0.25) is 0 Å². The van der Waals surface area contributed by atoms with E-state index >= 15 is 0 Å². The smallest absolute Gasteiger partial charge is 0.347 e. The standard InChI is InChI=1S/C16H12N2O4S/c1-22-12-6-3-10(4-7-12)2-5-11-8-14(19)18-9-13(15(20)21)23-16(18)17-11/h2-9H,1H3,(H,20,21). The van der Waals surface area contributed by atoms with Crippen LogP contribution in [0.5, 0.6) is 5.75 Å². The fourth-order valence-corrected chi connectivity index (χ4v) is 2.83. The second kappa shape index (κ2) is 6.05. The first kappa shape index (κ1) is 15.0. The summed E-state index contributed by atoms with van der Waals surface area (Å²) in [6, 6.07) is 8.81. The molecule has 0 saturated carbocycles. The highest BCUT2D eigenvalue weighted by Crippen LogP contribution is 2.16. The van der Waals surface area contributed by atoms with E-state index in [0.717, 1.165) is 22.6 Å². The van der Waals surface area contributed by atoms with Gasteiger partial charge in [0.15, 0.2) is 4.96 Å². The topological polar surface area (TPSA) is 80.9 Å². The Hall–Kier alpha value is -2.93. The second-order valence-corrected chi connectivity index (χ2v) is 5.69. The number of hydrogen-bond acceptors (Lipinski definition) is 5. The molecule has 0 fully saturated rings. The number of methoxy groups -OCH3 is 1. The SMILES string of the molecule is COc1ccc(C=Cc2cc(=O)n3cc(C(=O)O)sc3n2)cc1. The molecule has 0 saturated heterocycles. The number of fused-ring (bicyclic) bond motifs is 1. The molecular formula is C16H12N2O4S. The van der Waals surface area contributed by atoms with Gasteiger partial charge in [-0.05, 0) is 23.8 Å². The summed E-state index contributed by atoms with van der Waals surface area (Å²) in [6.45, 7) is 0. The van der Waals surface area contributed by atoms with Gasteiger partial charge in [0.1, 0.15) is 10.6 Å². The van der Waals surface area contributed by atoms with Crippen molar-refractivity contribution in [2.24, 2.45) is 0 Å². The van der Waals surface area contributed by atoms with Crippen LogP contribution in [-0.2, 0) is 0 Å². The summed E-state index contributed by atoms with van der Waals surface area (Å²) < 4.78 is 6.33. The summed E-state index contributed by atoms with van der Waals surface area (Å²) in [7, 11) is 1.60. The van der Waals surface area contributed by atoms with Gasteiger partial charge in [-0.3, -0.25) is 9.20 Å². The van der Waals surface area contributed by atoms with Crippen molar-refractivity contribution in [3.05, 3.63) is 63.0 Å². The Balaban J connectivity index is 1.94. The van der Waals surface area contributed by atoms with Gasteiger partial charge in [-0.2, -0.15) is 0 Å². The summed E-state index contributed by atoms with van der Waals surface area (Å²) in [5.41, 5.74) is 1.10. The van der Waals surface area contributed by atoms with E-state index in [4.69, 9.17) is 9.84 Å². The largest absolute Gasteiger partial charge is 0.497 e. The Labute approximate surface area is 134 Å². The molecule has 0 aliphatic heterocycles. The van der Waals surface area contributed by atoms with E-state index in [9.17, 15) is 9.59 Å². The normalized spacial score (nSPS) is 11.2. The van der Waals surface area contributed by atoms with Gasteiger partial charge in [0.05, 0.1) is 12.8 Å². The maximum atomic E-state index is 12.0. The number of hydrogen-bond donors (Lipinski definition) is 1. The Morgan fingerprint density at radius 2 is 2.04 bits per heavy atom. The molecule has 0 aliphatic carbocycles. The minimum atomic E-state index is -1.07. The van der Waals surface area contributed by atoms with Crippen molar-refractivity contribution in [3.63, 3.8) is 0 Å². The van der Waals surface area contributed by atoms with Crippen molar-refractivity contribution >= 4 is 34.4 Å². The number of carbonyl (C=O) groups is 1. The molecule has 0 amide bonds. The number of rotatable bonds is 4. The minimum absolute atomic E-state index is 0.0749. The highest BCUT2D eigenvalue weighted by atomic mass is 32.1. The zero-order valence-corrected chi connectivity index (χ0v) is 12.9. The molecule has 3 rings (SSSR count). The Bertz CT molecular complexity index is 954. The van der Waals surface area contributed by atoms with Crippen molar-refractivity contribution in [2.45, 2.75) is 0 Å². The van der Waals surface area contributed by atoms with Crippen LogP contribution in [0.1, 0.15) is 20.9 Å². The minimum Gasteiger partial charge on any atom is -0.497 e. The first-order chi connectivity index (χ1) is 11.1. The molecular weight excluding hydrogens is 316 g/mol. The number of thiazole rings is 1. The highest BCUT2D eigenvalue weighted by molar-refractivity contribution is 7.18. The van der Waals surface area contributed by atoms with Crippen LogP contribution in [0.4, 0.5) is 0 Å². The Morgan fingerprint density at radius 1 is 1.30 bits per heavy atom. The van der Waals surface area contributed by atoms with Crippen LogP contribution in [-0.4, -0.2) is 27.6 Å². The van der Waals surface area contributed by atoms with Crippen LogP contribution in [0, 0.1) is 0 Å². The zero-order chi connectivity index (χ0) is 16.4. The van der Waals surface area contributed by atoms with Crippen LogP contribution in [0.25, 0.3) is 17.1 Å². The van der Waals surface area contributed by atoms with Gasteiger partial charge in [-0.25, -0.2) is 9.78 Å². The van der Waals surface area contributed by atoms with Crippen molar-refractivity contribution in [3.8, 4) is 5.75 Å². The van der Waals surface area contributed by atoms with Gasteiger partial charge in [0.2, 0.25) is 0 Å². The molecule has 0 bridgehead atoms. The molecule has 0 atom stereocenters. The molecule has 0 unspecified atom stereocenters. The quantitative estimate of drug-likeness (QED) is 0.796. The summed E-state index contributed by atoms with van der Waals surface area (Å²) >= 11 is 0.962. The van der Waals surface area contributed by atoms with Gasteiger partial charge >= 0.3 is 5.97 Å². The number of benzene rings is 1. The first-order valence-corrected chi connectivity index (χ1v) is 7.47. The van der Waals surface area contributed by atoms with E-state index in [0.29, 0.717) is 10.7 Å². The summed E-state index contributed by atoms with van der Waals surface area (Å²) in [5.74, 6) is -0.310. The molecule has 2 heterocycles. The van der Waals surface area contributed by atoms with E-state index < -0.39 is 5.97 Å². The van der Waals surface area contributed by atoms with E-state index in [1.807, 2.05) is 30.3 Å². The molecule has 3 aromatic rings. The van der Waals surface area contributed by atoms with Crippen molar-refractivity contribution < 1.29 is 14.6 Å². The summed E-state index contributed by atoms with van der Waals surface area (Å²) in [4.78, 5) is 27.7. The van der Waals surface area contributed by atoms with Crippen molar-refractivity contribution in [1.82, 2.24) is 9.38 Å². The van der Waals surface area contributed by atoms with E-state index in [-0.39, 0.29) is 10.4 Å². The third-order valence-electron chi connectivity index (χ3n) is 3.16. The fourth-order valence-electron chi connectivity index (χ4n) is 2.00. The van der Waals surface area contributed by atoms with Crippen LogP contribution in [0.3, 0.4) is 0 Å². The molecule has 116 valence electrons. The van der Waals surface area contributed by atoms with Crippen LogP contribution < -0.4 is 10.3 Å². The third kappa shape index (κ3) is 3.14. The van der Waals surface area contributed by atoms with Crippen LogP contribution in [0.15, 0.2) is 41.3 Å². The molecule has 1 aromatic carbocycles. The summed E-state index contributed by atoms with van der Waals surface area (Å²) in [5, 5.41) is 8.98.